The molecule has 2 aliphatic heterocycles. The molecular formula is C21H23N5OS. The highest BCUT2D eigenvalue weighted by atomic mass is 32.1. The molecule has 0 saturated carbocycles. The Hall–Kier alpha value is -2.67. The van der Waals surface area contributed by atoms with Crippen LogP contribution in [0.4, 0.5) is 10.6 Å². The number of benzene rings is 1. The molecule has 28 heavy (non-hydrogen) atoms. The molecule has 1 atom stereocenters. The number of piperidine rings is 1. The summed E-state index contributed by atoms with van der Waals surface area (Å²) in [6.45, 7) is 5.30. The van der Waals surface area contributed by atoms with Crippen molar-refractivity contribution in [3.63, 3.8) is 0 Å². The fraction of sp³-hybridized carbons (Fsp3) is 0.381. The monoisotopic (exact) mass is 393 g/mol. The van der Waals surface area contributed by atoms with Gasteiger partial charge in [0.05, 0.1) is 11.4 Å². The second-order valence-electron chi connectivity index (χ2n) is 7.46. The van der Waals surface area contributed by atoms with Crippen LogP contribution >= 0.6 is 11.3 Å². The van der Waals surface area contributed by atoms with Crippen molar-refractivity contribution in [2.45, 2.75) is 25.8 Å². The van der Waals surface area contributed by atoms with Crippen LogP contribution in [0.2, 0.25) is 0 Å². The Bertz CT molecular complexity index is 1020. The molecule has 0 aliphatic carbocycles. The van der Waals surface area contributed by atoms with Gasteiger partial charge in [-0.15, -0.1) is 11.3 Å². The SMILES string of the molecule is Cc1nc(N2CCCC(N3CCNC3=O)C2)c2cc(-c3ccccc3)sc2n1. The van der Waals surface area contributed by atoms with E-state index in [1.807, 2.05) is 17.9 Å². The van der Waals surface area contributed by atoms with E-state index >= 15 is 0 Å². The van der Waals surface area contributed by atoms with Crippen LogP contribution in [-0.4, -0.2) is 53.1 Å². The fourth-order valence-corrected chi connectivity index (χ4v) is 5.31. The van der Waals surface area contributed by atoms with Gasteiger partial charge in [0.1, 0.15) is 16.5 Å². The maximum absolute atomic E-state index is 12.1. The van der Waals surface area contributed by atoms with Crippen LogP contribution in [0.25, 0.3) is 20.7 Å². The maximum atomic E-state index is 12.1. The molecule has 0 spiro atoms. The van der Waals surface area contributed by atoms with Gasteiger partial charge in [0.2, 0.25) is 0 Å². The summed E-state index contributed by atoms with van der Waals surface area (Å²) >= 11 is 1.72. The van der Waals surface area contributed by atoms with Gasteiger partial charge < -0.3 is 15.1 Å². The minimum absolute atomic E-state index is 0.0674. The van der Waals surface area contributed by atoms with Gasteiger partial charge in [0, 0.05) is 31.1 Å². The Morgan fingerprint density at radius 1 is 1.18 bits per heavy atom. The van der Waals surface area contributed by atoms with E-state index in [1.165, 1.54) is 10.4 Å². The first-order chi connectivity index (χ1) is 13.7. The van der Waals surface area contributed by atoms with Gasteiger partial charge in [-0.05, 0) is 31.4 Å². The molecular weight excluding hydrogens is 370 g/mol. The van der Waals surface area contributed by atoms with Crippen molar-refractivity contribution < 1.29 is 4.79 Å². The van der Waals surface area contributed by atoms with Gasteiger partial charge in [-0.1, -0.05) is 30.3 Å². The van der Waals surface area contributed by atoms with Crippen LogP contribution in [0.15, 0.2) is 36.4 Å². The summed E-state index contributed by atoms with van der Waals surface area (Å²) in [6, 6.07) is 13.0. The zero-order valence-corrected chi connectivity index (χ0v) is 16.7. The highest BCUT2D eigenvalue weighted by Gasteiger charge is 2.32. The number of thiophene rings is 1. The van der Waals surface area contributed by atoms with E-state index in [4.69, 9.17) is 9.97 Å². The number of carbonyl (C=O) groups excluding carboxylic acids is 1. The quantitative estimate of drug-likeness (QED) is 0.738. The number of fused-ring (bicyclic) bond motifs is 1. The van der Waals surface area contributed by atoms with Gasteiger partial charge in [0.15, 0.2) is 0 Å². The number of hydrogen-bond donors (Lipinski definition) is 1. The molecule has 0 bridgehead atoms. The number of carbonyl (C=O) groups is 1. The molecule has 3 aromatic rings. The first-order valence-corrected chi connectivity index (χ1v) is 10.6. The molecule has 0 radical (unpaired) electrons. The first kappa shape index (κ1) is 17.4. The van der Waals surface area contributed by atoms with Crippen LogP contribution < -0.4 is 10.2 Å². The number of nitrogens with one attached hydrogen (secondary N) is 1. The summed E-state index contributed by atoms with van der Waals surface area (Å²) in [5.41, 5.74) is 1.21. The number of nitrogens with zero attached hydrogens (tertiary/aromatic N) is 4. The Labute approximate surface area is 168 Å². The van der Waals surface area contributed by atoms with Crippen molar-refractivity contribution in [1.82, 2.24) is 20.2 Å². The van der Waals surface area contributed by atoms with E-state index in [0.717, 1.165) is 60.9 Å². The average molecular weight is 394 g/mol. The van der Waals surface area contributed by atoms with E-state index < -0.39 is 0 Å². The van der Waals surface area contributed by atoms with Crippen molar-refractivity contribution in [3.05, 3.63) is 42.2 Å². The Morgan fingerprint density at radius 2 is 2.04 bits per heavy atom. The highest BCUT2D eigenvalue weighted by Crippen LogP contribution is 2.37. The van der Waals surface area contributed by atoms with E-state index in [0.29, 0.717) is 0 Å². The number of amides is 2. The third-order valence-electron chi connectivity index (χ3n) is 5.57. The number of aryl methyl sites for hydroxylation is 1. The molecule has 2 saturated heterocycles. The van der Waals surface area contributed by atoms with Crippen LogP contribution in [0.5, 0.6) is 0 Å². The summed E-state index contributed by atoms with van der Waals surface area (Å²) in [7, 11) is 0. The largest absolute Gasteiger partial charge is 0.354 e. The Balaban J connectivity index is 1.51. The van der Waals surface area contributed by atoms with Crippen molar-refractivity contribution in [2.24, 2.45) is 0 Å². The standard InChI is InChI=1S/C21H23N5OS/c1-14-23-19(25-10-5-8-16(13-25)26-11-9-22-21(26)27)17-12-18(28-20(17)24-14)15-6-3-2-4-7-15/h2-4,6-7,12,16H,5,8-11,13H2,1H3,(H,22,27). The second kappa shape index (κ2) is 7.05. The predicted molar refractivity (Wildman–Crippen MR) is 113 cm³/mol. The lowest BCUT2D eigenvalue weighted by Gasteiger charge is -2.37. The van der Waals surface area contributed by atoms with Crippen LogP contribution in [0, 0.1) is 6.92 Å². The van der Waals surface area contributed by atoms with E-state index in [2.05, 4.69) is 40.5 Å². The number of rotatable bonds is 3. The molecule has 4 heterocycles. The normalized spacial score (nSPS) is 20.0. The number of urea groups is 1. The van der Waals surface area contributed by atoms with Crippen molar-refractivity contribution in [2.75, 3.05) is 31.1 Å². The molecule has 2 aliphatic rings. The summed E-state index contributed by atoms with van der Waals surface area (Å²) < 4.78 is 0. The van der Waals surface area contributed by atoms with Crippen LogP contribution in [0.3, 0.4) is 0 Å². The van der Waals surface area contributed by atoms with Crippen molar-refractivity contribution >= 4 is 33.4 Å². The van der Waals surface area contributed by atoms with E-state index in [-0.39, 0.29) is 12.1 Å². The van der Waals surface area contributed by atoms with Crippen molar-refractivity contribution in [3.8, 4) is 10.4 Å². The number of aromatic nitrogens is 2. The molecule has 1 N–H and O–H groups in total. The molecule has 6 nitrogen and oxygen atoms in total. The third-order valence-corrected chi connectivity index (χ3v) is 6.65. The molecule has 1 unspecified atom stereocenters. The fourth-order valence-electron chi connectivity index (χ4n) is 4.23. The number of hydrogen-bond acceptors (Lipinski definition) is 5. The first-order valence-electron chi connectivity index (χ1n) is 9.82. The second-order valence-corrected chi connectivity index (χ2v) is 8.49. The molecule has 2 fully saturated rings. The van der Waals surface area contributed by atoms with Gasteiger partial charge in [-0.3, -0.25) is 0 Å². The summed E-state index contributed by atoms with van der Waals surface area (Å²) in [6.07, 6.45) is 2.12. The lowest BCUT2D eigenvalue weighted by Crippen LogP contribution is -2.49. The topological polar surface area (TPSA) is 61.4 Å². The third kappa shape index (κ3) is 3.09. The zero-order chi connectivity index (χ0) is 19.1. The van der Waals surface area contributed by atoms with Crippen LogP contribution in [0.1, 0.15) is 18.7 Å². The lowest BCUT2D eigenvalue weighted by molar-refractivity contribution is 0.189. The average Bonchev–Trinajstić information content (AvgIpc) is 3.34. The lowest BCUT2D eigenvalue weighted by atomic mass is 10.0. The highest BCUT2D eigenvalue weighted by molar-refractivity contribution is 7.21. The predicted octanol–water partition coefficient (Wildman–Crippen LogP) is 3.66. The smallest absolute Gasteiger partial charge is 0.317 e. The maximum Gasteiger partial charge on any atom is 0.317 e. The summed E-state index contributed by atoms with van der Waals surface area (Å²) in [4.78, 5) is 28.2. The van der Waals surface area contributed by atoms with Gasteiger partial charge >= 0.3 is 6.03 Å². The van der Waals surface area contributed by atoms with Gasteiger partial charge in [-0.25, -0.2) is 14.8 Å². The van der Waals surface area contributed by atoms with Crippen LogP contribution in [-0.2, 0) is 0 Å². The van der Waals surface area contributed by atoms with Gasteiger partial charge in [-0.2, -0.15) is 0 Å². The number of anilines is 1. The molecule has 7 heteroatoms. The molecule has 5 rings (SSSR count). The summed E-state index contributed by atoms with van der Waals surface area (Å²) in [5.74, 6) is 1.80. The Kier molecular flexibility index (Phi) is 4.39. The molecule has 2 amide bonds. The zero-order valence-electron chi connectivity index (χ0n) is 15.9. The van der Waals surface area contributed by atoms with E-state index in [1.54, 1.807) is 11.3 Å². The van der Waals surface area contributed by atoms with Crippen molar-refractivity contribution in [1.29, 1.82) is 0 Å². The van der Waals surface area contributed by atoms with Gasteiger partial charge in [0.25, 0.3) is 0 Å². The van der Waals surface area contributed by atoms with E-state index in [9.17, 15) is 4.79 Å². The molecule has 1 aromatic carbocycles. The molecule has 2 aromatic heterocycles. The minimum atomic E-state index is 0.0674. The minimum Gasteiger partial charge on any atom is -0.354 e. The Morgan fingerprint density at radius 3 is 2.82 bits per heavy atom. The molecule has 144 valence electrons. The summed E-state index contributed by atoms with van der Waals surface area (Å²) in [5, 5.41) is 4.04.